The molecule has 73 heavy (non-hydrogen) atoms. The standard InChI is InChI=1S/C56H72N6O10S/c1-57-34-60-56(71,51(68)69)27-18-42(63)61-41(48(64)62-49(65)50(66)67)33-73-47-46-44-39(17-3-2-6-21-53(47)22-7-8-23-53)54(24-9-10-25-54)40(31-35-19-29-58-30-20-35)43-45-38(16-12-28-59-45)32-37-14-5-4-13-36(37)15-11-26-55(43,44)52(70)72-46/h4-5,13-14,19-20,29-30,38-39,41,45,47,49,57,59-60,65,71H,2-3,6-10,12,15-18,21-25,27-28,31-34H2,1H3,(H,61,63)(H,62,64)(H,66,67)(H,68,69)/t38-,39-,41-,45+,47-,49-,55+,56+/m0/s1. The topological polar surface area (TPSA) is 249 Å². The van der Waals surface area contributed by atoms with Gasteiger partial charge in [-0.25, -0.2) is 14.4 Å². The van der Waals surface area contributed by atoms with Crippen LogP contribution in [-0.4, -0.2) is 110 Å². The number of thioether (sulfide) groups is 1. The van der Waals surface area contributed by atoms with Crippen LogP contribution in [0, 0.1) is 39.9 Å². The summed E-state index contributed by atoms with van der Waals surface area (Å²) in [4.78, 5) is 72.5. The number of hydrogen-bond donors (Lipinski definition) is 9. The van der Waals surface area contributed by atoms with Crippen molar-refractivity contribution in [1.82, 2.24) is 31.6 Å². The quantitative estimate of drug-likeness (QED) is 0.0463. The lowest BCUT2D eigenvalue weighted by molar-refractivity contribution is -0.164. The van der Waals surface area contributed by atoms with Gasteiger partial charge < -0.3 is 46.4 Å². The van der Waals surface area contributed by atoms with Crippen molar-refractivity contribution in [2.24, 2.45) is 28.1 Å². The van der Waals surface area contributed by atoms with E-state index in [4.69, 9.17) is 4.74 Å². The SMILES string of the molecule is CNCN[C@@](O)(CCC(=O)N[C@@H](CS[C@H]1C2=C3[C@H](CCCCCC14CCCC4)C1(CCCC1)C(Cc1ccncc1)=C1[C@@H]4NCCC[C@H]4Cc4ccccc4CC#C[C@@]13C(=O)O2)C(=O)N[C@@H](O)C(=O)O)C(=O)O. The first-order chi connectivity index (χ1) is 35.2. The molecule has 8 atom stereocenters. The van der Waals surface area contributed by atoms with Crippen LogP contribution in [0.3, 0.4) is 0 Å². The minimum absolute atomic E-state index is 0.0748. The van der Waals surface area contributed by atoms with Crippen LogP contribution in [0.25, 0.3) is 0 Å². The smallest absolute Gasteiger partial charge is 0.353 e. The molecule has 2 amide bonds. The zero-order chi connectivity index (χ0) is 51.4. The Balaban J connectivity index is 1.22. The molecule has 16 nitrogen and oxygen atoms in total. The zero-order valence-corrected chi connectivity index (χ0v) is 42.8. The van der Waals surface area contributed by atoms with Crippen molar-refractivity contribution in [1.29, 1.82) is 0 Å². The average molecular weight is 1020 g/mol. The monoisotopic (exact) mass is 1020 g/mol. The van der Waals surface area contributed by atoms with Gasteiger partial charge in [0.1, 0.15) is 11.8 Å². The number of esters is 1. The van der Waals surface area contributed by atoms with E-state index >= 15 is 4.79 Å². The lowest BCUT2D eigenvalue weighted by Crippen LogP contribution is -2.56. The molecule has 0 bridgehead atoms. The van der Waals surface area contributed by atoms with Gasteiger partial charge in [0.2, 0.25) is 23.8 Å². The number of carboxylic acids is 2. The first-order valence-corrected chi connectivity index (χ1v) is 27.7. The van der Waals surface area contributed by atoms with Crippen LogP contribution in [0.4, 0.5) is 0 Å². The summed E-state index contributed by atoms with van der Waals surface area (Å²) >= 11 is 1.41. The second-order valence-corrected chi connectivity index (χ2v) is 22.8. The fraction of sp³-hybridized carbons (Fsp3) is 0.607. The molecule has 392 valence electrons. The molecule has 3 heterocycles. The predicted molar refractivity (Wildman–Crippen MR) is 274 cm³/mol. The van der Waals surface area contributed by atoms with E-state index in [0.29, 0.717) is 18.6 Å². The van der Waals surface area contributed by atoms with Gasteiger partial charge in [-0.15, -0.1) is 11.8 Å². The molecule has 9 N–H and O–H groups in total. The number of carbonyl (C=O) groups excluding carboxylic acids is 3. The molecule has 5 aliphatic carbocycles. The van der Waals surface area contributed by atoms with Crippen molar-refractivity contribution in [3.05, 3.63) is 88.0 Å². The molecule has 9 rings (SSSR count). The van der Waals surface area contributed by atoms with Crippen molar-refractivity contribution in [2.45, 2.75) is 158 Å². The van der Waals surface area contributed by atoms with Crippen molar-refractivity contribution in [3.8, 4) is 11.8 Å². The molecule has 1 saturated heterocycles. The normalized spacial score (nSPS) is 27.7. The van der Waals surface area contributed by atoms with E-state index in [0.717, 1.165) is 132 Å². The van der Waals surface area contributed by atoms with Crippen LogP contribution >= 0.6 is 11.8 Å². The van der Waals surface area contributed by atoms with Crippen molar-refractivity contribution in [2.75, 3.05) is 26.0 Å². The summed E-state index contributed by atoms with van der Waals surface area (Å²) in [6.45, 7) is 0.722. The highest BCUT2D eigenvalue weighted by Gasteiger charge is 2.67. The Labute approximate surface area is 432 Å². The van der Waals surface area contributed by atoms with Crippen LogP contribution in [0.5, 0.6) is 0 Å². The van der Waals surface area contributed by atoms with Gasteiger partial charge in [0.25, 0.3) is 0 Å². The Morgan fingerprint density at radius 3 is 2.34 bits per heavy atom. The Bertz CT molecular complexity index is 2550. The third kappa shape index (κ3) is 10.4. The number of pyridine rings is 1. The van der Waals surface area contributed by atoms with Crippen molar-refractivity contribution < 1.29 is 49.1 Å². The summed E-state index contributed by atoms with van der Waals surface area (Å²) in [5.41, 5.74) is 2.38. The first kappa shape index (κ1) is 52.8. The Hall–Kier alpha value is -5.09. The van der Waals surface area contributed by atoms with E-state index in [-0.39, 0.29) is 47.1 Å². The number of amides is 2. The number of aliphatic hydroxyl groups excluding tert-OH is 1. The maximum Gasteiger partial charge on any atom is 0.353 e. The molecule has 3 spiro atoms. The highest BCUT2D eigenvalue weighted by atomic mass is 32.2. The highest BCUT2D eigenvalue weighted by Crippen LogP contribution is 2.69. The Kier molecular flexibility index (Phi) is 16.2. The number of aliphatic carboxylic acids is 2. The van der Waals surface area contributed by atoms with E-state index in [9.17, 15) is 39.6 Å². The fourth-order valence-corrected chi connectivity index (χ4v) is 15.7. The minimum atomic E-state index is -2.47. The molecule has 7 aliphatic rings. The summed E-state index contributed by atoms with van der Waals surface area (Å²) in [7, 11) is 1.56. The lowest BCUT2D eigenvalue weighted by atomic mass is 9.48. The van der Waals surface area contributed by atoms with Crippen molar-refractivity contribution >= 4 is 41.5 Å². The minimum Gasteiger partial charge on any atom is -0.478 e. The van der Waals surface area contributed by atoms with Gasteiger partial charge in [0.15, 0.2) is 5.41 Å². The van der Waals surface area contributed by atoms with Gasteiger partial charge in [0, 0.05) is 55.7 Å². The number of benzene rings is 1. The van der Waals surface area contributed by atoms with E-state index < -0.39 is 65.3 Å². The molecule has 1 aromatic heterocycles. The number of aliphatic hydroxyl groups is 2. The number of fused-ring (bicyclic) bond motifs is 4. The molecule has 0 unspecified atom stereocenters. The number of ether oxygens (including phenoxy) is 1. The van der Waals surface area contributed by atoms with Crippen LogP contribution in [-0.2, 0) is 48.0 Å². The molecule has 3 fully saturated rings. The van der Waals surface area contributed by atoms with E-state index in [1.807, 2.05) is 12.4 Å². The highest BCUT2D eigenvalue weighted by molar-refractivity contribution is 8.00. The molecule has 17 heteroatoms. The number of allylic oxidation sites excluding steroid dienone is 1. The maximum absolute atomic E-state index is 16.2. The number of nitrogens with zero attached hydrogens (tertiary/aromatic N) is 1. The van der Waals surface area contributed by atoms with Gasteiger partial charge >= 0.3 is 17.9 Å². The number of carboxylic acid groups (broad SMARTS) is 2. The van der Waals surface area contributed by atoms with E-state index in [2.05, 4.69) is 79.8 Å². The summed E-state index contributed by atoms with van der Waals surface area (Å²) < 4.78 is 7.13. The summed E-state index contributed by atoms with van der Waals surface area (Å²) in [6, 6.07) is 11.1. The summed E-state index contributed by atoms with van der Waals surface area (Å²) in [6.07, 6.45) is 16.6. The third-order valence-corrected chi connectivity index (χ3v) is 19.1. The number of rotatable bonds is 16. The maximum atomic E-state index is 16.2. The van der Waals surface area contributed by atoms with Crippen molar-refractivity contribution in [3.63, 3.8) is 0 Å². The second-order valence-electron chi connectivity index (χ2n) is 21.7. The van der Waals surface area contributed by atoms with Gasteiger partial charge in [-0.3, -0.25) is 19.9 Å². The number of nitrogens with one attached hydrogen (secondary N) is 5. The van der Waals surface area contributed by atoms with Crippen LogP contribution in [0.15, 0.2) is 71.3 Å². The summed E-state index contributed by atoms with van der Waals surface area (Å²) in [5.74, 6) is 2.67. The number of aromatic nitrogens is 1. The Morgan fingerprint density at radius 2 is 1.63 bits per heavy atom. The largest absolute Gasteiger partial charge is 0.478 e. The number of carbonyl (C=O) groups is 5. The molecular formula is C56H72N6O10S. The number of piperidine rings is 1. The lowest BCUT2D eigenvalue weighted by Gasteiger charge is -2.54. The predicted octanol–water partition coefficient (Wildman–Crippen LogP) is 5.03. The zero-order valence-electron chi connectivity index (χ0n) is 41.9. The molecule has 2 saturated carbocycles. The van der Waals surface area contributed by atoms with Gasteiger partial charge in [-0.05, 0) is 135 Å². The average Bonchev–Trinajstić information content (AvgIpc) is 4.14. The molecule has 0 radical (unpaired) electrons. The molecular weight excluding hydrogens is 949 g/mol. The third-order valence-electron chi connectivity index (χ3n) is 17.5. The second kappa shape index (κ2) is 22.4. The van der Waals surface area contributed by atoms with Crippen LogP contribution < -0.4 is 26.6 Å². The van der Waals surface area contributed by atoms with Crippen LogP contribution in [0.1, 0.15) is 126 Å². The van der Waals surface area contributed by atoms with Gasteiger partial charge in [0.05, 0.1) is 5.25 Å². The van der Waals surface area contributed by atoms with Gasteiger partial charge in [-0.1, -0.05) is 86.6 Å². The number of hydrogen-bond acceptors (Lipinski definition) is 13. The Morgan fingerprint density at radius 1 is 0.918 bits per heavy atom. The van der Waals surface area contributed by atoms with E-state index in [1.165, 1.54) is 22.9 Å². The first-order valence-electron chi connectivity index (χ1n) is 26.6. The molecule has 2 aliphatic heterocycles. The fourth-order valence-electron chi connectivity index (χ4n) is 14.0. The summed E-state index contributed by atoms with van der Waals surface area (Å²) in [5, 5.41) is 54.3. The molecule has 1 aromatic carbocycles. The van der Waals surface area contributed by atoms with Crippen LogP contribution in [0.2, 0.25) is 0 Å². The van der Waals surface area contributed by atoms with E-state index in [1.54, 1.807) is 7.05 Å². The molecule has 2 aromatic rings. The van der Waals surface area contributed by atoms with Gasteiger partial charge in [-0.2, -0.15) is 0 Å².